The molecule has 1 aromatic carbocycles. The van der Waals surface area contributed by atoms with Crippen LogP contribution in [0.4, 0.5) is 0 Å². The number of amides is 1. The first-order valence-electron chi connectivity index (χ1n) is 8.17. The molecule has 1 fully saturated rings. The molecule has 0 bridgehead atoms. The number of ether oxygens (including phenoxy) is 2. The summed E-state index contributed by atoms with van der Waals surface area (Å²) in [6.07, 6.45) is 2.84. The summed E-state index contributed by atoms with van der Waals surface area (Å²) in [5, 5.41) is 2.97. The van der Waals surface area contributed by atoms with Gasteiger partial charge in [0.05, 0.1) is 12.7 Å². The van der Waals surface area contributed by atoms with Crippen LogP contribution in [0.3, 0.4) is 0 Å². The van der Waals surface area contributed by atoms with Crippen molar-refractivity contribution in [3.8, 4) is 0 Å². The van der Waals surface area contributed by atoms with Crippen molar-refractivity contribution in [1.29, 1.82) is 0 Å². The van der Waals surface area contributed by atoms with Crippen LogP contribution in [0.15, 0.2) is 24.3 Å². The van der Waals surface area contributed by atoms with Gasteiger partial charge in [-0.05, 0) is 29.9 Å². The first-order valence-corrected chi connectivity index (χ1v) is 8.17. The van der Waals surface area contributed by atoms with E-state index in [1.165, 1.54) is 0 Å². The topological polar surface area (TPSA) is 47.6 Å². The number of benzene rings is 1. The first kappa shape index (κ1) is 17.0. The van der Waals surface area contributed by atoms with Crippen molar-refractivity contribution in [3.05, 3.63) is 35.4 Å². The van der Waals surface area contributed by atoms with Crippen LogP contribution < -0.4 is 5.32 Å². The molecule has 0 saturated carbocycles. The monoisotopic (exact) mass is 305 g/mol. The van der Waals surface area contributed by atoms with Gasteiger partial charge in [-0.2, -0.15) is 0 Å². The molecule has 1 saturated heterocycles. The van der Waals surface area contributed by atoms with Crippen LogP contribution in [0.5, 0.6) is 0 Å². The number of hydrogen-bond donors (Lipinski definition) is 1. The van der Waals surface area contributed by atoms with Crippen molar-refractivity contribution in [2.75, 3.05) is 13.2 Å². The molecule has 0 aromatic heterocycles. The Balaban J connectivity index is 1.77. The molecule has 4 nitrogen and oxygen atoms in total. The van der Waals surface area contributed by atoms with Crippen molar-refractivity contribution in [3.63, 3.8) is 0 Å². The SMILES string of the molecule is CC(C)CC(=O)NCc1cccc(COC2CCOCC2)c1. The van der Waals surface area contributed by atoms with Crippen molar-refractivity contribution < 1.29 is 14.3 Å². The molecule has 1 heterocycles. The molecule has 0 atom stereocenters. The second kappa shape index (κ2) is 8.91. The molecule has 1 aliphatic heterocycles. The summed E-state index contributed by atoms with van der Waals surface area (Å²) in [6, 6.07) is 8.23. The van der Waals surface area contributed by atoms with E-state index < -0.39 is 0 Å². The van der Waals surface area contributed by atoms with E-state index in [1.807, 2.05) is 26.0 Å². The lowest BCUT2D eigenvalue weighted by Crippen LogP contribution is -2.24. The maximum absolute atomic E-state index is 11.7. The lowest BCUT2D eigenvalue weighted by atomic mass is 10.1. The highest BCUT2D eigenvalue weighted by Gasteiger charge is 2.14. The van der Waals surface area contributed by atoms with Gasteiger partial charge >= 0.3 is 0 Å². The molecule has 1 amide bonds. The Morgan fingerprint density at radius 1 is 1.32 bits per heavy atom. The third-order valence-electron chi connectivity index (χ3n) is 3.73. The molecule has 2 rings (SSSR count). The van der Waals surface area contributed by atoms with Crippen LogP contribution in [0, 0.1) is 5.92 Å². The summed E-state index contributed by atoms with van der Waals surface area (Å²) < 4.78 is 11.3. The van der Waals surface area contributed by atoms with Gasteiger partial charge in [0.2, 0.25) is 5.91 Å². The largest absolute Gasteiger partial charge is 0.381 e. The van der Waals surface area contributed by atoms with E-state index in [0.717, 1.165) is 37.2 Å². The highest BCUT2D eigenvalue weighted by atomic mass is 16.5. The molecule has 0 unspecified atom stereocenters. The third kappa shape index (κ3) is 6.16. The van der Waals surface area contributed by atoms with Crippen molar-refractivity contribution in [2.45, 2.75) is 52.4 Å². The highest BCUT2D eigenvalue weighted by molar-refractivity contribution is 5.76. The molecule has 122 valence electrons. The Hall–Kier alpha value is -1.39. The summed E-state index contributed by atoms with van der Waals surface area (Å²) in [5.41, 5.74) is 2.27. The molecule has 1 aromatic rings. The number of carbonyl (C=O) groups is 1. The van der Waals surface area contributed by atoms with Gasteiger partial charge in [-0.1, -0.05) is 38.1 Å². The Morgan fingerprint density at radius 3 is 2.77 bits per heavy atom. The third-order valence-corrected chi connectivity index (χ3v) is 3.73. The number of nitrogens with one attached hydrogen (secondary N) is 1. The van der Waals surface area contributed by atoms with E-state index in [9.17, 15) is 4.79 Å². The molecule has 22 heavy (non-hydrogen) atoms. The van der Waals surface area contributed by atoms with E-state index in [4.69, 9.17) is 9.47 Å². The Bertz CT molecular complexity index is 467. The van der Waals surface area contributed by atoms with Crippen LogP contribution in [0.25, 0.3) is 0 Å². The van der Waals surface area contributed by atoms with Crippen LogP contribution in [0.2, 0.25) is 0 Å². The Morgan fingerprint density at radius 2 is 2.05 bits per heavy atom. The highest BCUT2D eigenvalue weighted by Crippen LogP contribution is 2.14. The first-order chi connectivity index (χ1) is 10.6. The minimum Gasteiger partial charge on any atom is -0.381 e. The summed E-state index contributed by atoms with van der Waals surface area (Å²) in [7, 11) is 0. The summed E-state index contributed by atoms with van der Waals surface area (Å²) >= 11 is 0. The molecule has 1 N–H and O–H groups in total. The normalized spacial score (nSPS) is 16.0. The minimum atomic E-state index is 0.110. The summed E-state index contributed by atoms with van der Waals surface area (Å²) in [5.74, 6) is 0.498. The van der Waals surface area contributed by atoms with Crippen LogP contribution >= 0.6 is 0 Å². The maximum Gasteiger partial charge on any atom is 0.220 e. The van der Waals surface area contributed by atoms with Crippen molar-refractivity contribution in [2.24, 2.45) is 5.92 Å². The number of hydrogen-bond acceptors (Lipinski definition) is 3. The fraction of sp³-hybridized carbons (Fsp3) is 0.611. The van der Waals surface area contributed by atoms with Crippen molar-refractivity contribution >= 4 is 5.91 Å². The second-order valence-electron chi connectivity index (χ2n) is 6.32. The molecule has 0 aliphatic carbocycles. The van der Waals surface area contributed by atoms with Crippen molar-refractivity contribution in [1.82, 2.24) is 5.32 Å². The predicted molar refractivity (Wildman–Crippen MR) is 86.4 cm³/mol. The Labute approximate surface area is 133 Å². The molecular weight excluding hydrogens is 278 g/mol. The van der Waals surface area contributed by atoms with Crippen LogP contribution in [-0.2, 0) is 27.4 Å². The van der Waals surface area contributed by atoms with Gasteiger partial charge in [-0.25, -0.2) is 0 Å². The van der Waals surface area contributed by atoms with E-state index in [1.54, 1.807) is 0 Å². The fourth-order valence-electron chi connectivity index (χ4n) is 2.53. The van der Waals surface area contributed by atoms with E-state index >= 15 is 0 Å². The summed E-state index contributed by atoms with van der Waals surface area (Å²) in [4.78, 5) is 11.7. The molecule has 0 radical (unpaired) electrons. The van der Waals surface area contributed by atoms with Crippen LogP contribution in [0.1, 0.15) is 44.2 Å². The van der Waals surface area contributed by atoms with Gasteiger partial charge in [-0.15, -0.1) is 0 Å². The van der Waals surface area contributed by atoms with Gasteiger partial charge in [0.25, 0.3) is 0 Å². The smallest absolute Gasteiger partial charge is 0.220 e. The van der Waals surface area contributed by atoms with E-state index in [-0.39, 0.29) is 5.91 Å². The fourth-order valence-corrected chi connectivity index (χ4v) is 2.53. The lowest BCUT2D eigenvalue weighted by Gasteiger charge is -2.22. The Kier molecular flexibility index (Phi) is 6.87. The summed E-state index contributed by atoms with van der Waals surface area (Å²) in [6.45, 7) is 6.90. The molecule has 4 heteroatoms. The van der Waals surface area contributed by atoms with Gasteiger partial charge in [0.1, 0.15) is 0 Å². The van der Waals surface area contributed by atoms with Crippen LogP contribution in [-0.4, -0.2) is 25.2 Å². The lowest BCUT2D eigenvalue weighted by molar-refractivity contribution is -0.121. The maximum atomic E-state index is 11.7. The molecule has 1 aliphatic rings. The molecular formula is C18H27NO3. The minimum absolute atomic E-state index is 0.110. The average molecular weight is 305 g/mol. The number of rotatable bonds is 7. The number of carbonyl (C=O) groups excluding carboxylic acids is 1. The average Bonchev–Trinajstić information content (AvgIpc) is 2.52. The predicted octanol–water partition coefficient (Wildman–Crippen LogP) is 3.04. The standard InChI is InChI=1S/C18H27NO3/c1-14(2)10-18(20)19-12-15-4-3-5-16(11-15)13-22-17-6-8-21-9-7-17/h3-5,11,14,17H,6-10,12-13H2,1-2H3,(H,19,20). The second-order valence-corrected chi connectivity index (χ2v) is 6.32. The van der Waals surface area contributed by atoms with Gasteiger partial charge < -0.3 is 14.8 Å². The zero-order valence-corrected chi connectivity index (χ0v) is 13.6. The zero-order chi connectivity index (χ0) is 15.8. The van der Waals surface area contributed by atoms with Gasteiger partial charge in [0.15, 0.2) is 0 Å². The van der Waals surface area contributed by atoms with E-state index in [0.29, 0.717) is 31.6 Å². The quantitative estimate of drug-likeness (QED) is 0.842. The molecule has 0 spiro atoms. The van der Waals surface area contributed by atoms with Gasteiger partial charge in [-0.3, -0.25) is 4.79 Å². The zero-order valence-electron chi connectivity index (χ0n) is 13.6. The van der Waals surface area contributed by atoms with Gasteiger partial charge in [0, 0.05) is 26.2 Å². The van der Waals surface area contributed by atoms with E-state index in [2.05, 4.69) is 17.4 Å².